The highest BCUT2D eigenvalue weighted by atomic mass is 16.4. The van der Waals surface area contributed by atoms with E-state index in [0.29, 0.717) is 17.3 Å². The van der Waals surface area contributed by atoms with Gasteiger partial charge in [0, 0.05) is 23.3 Å². The van der Waals surface area contributed by atoms with Crippen molar-refractivity contribution in [2.45, 2.75) is 77.9 Å². The normalized spacial score (nSPS) is 18.5. The van der Waals surface area contributed by atoms with Gasteiger partial charge in [-0.15, -0.1) is 10.2 Å². The second-order valence-corrected chi connectivity index (χ2v) is 9.58. The molecule has 2 heterocycles. The number of hydrogen-bond acceptors (Lipinski definition) is 7. The molecule has 2 amide bonds. The molecule has 2 aromatic heterocycles. The lowest BCUT2D eigenvalue weighted by molar-refractivity contribution is 0.0520. The number of nitrogens with one attached hydrogen (secondary N) is 2. The van der Waals surface area contributed by atoms with E-state index in [0.717, 1.165) is 36.9 Å². The summed E-state index contributed by atoms with van der Waals surface area (Å²) in [7, 11) is 0. The van der Waals surface area contributed by atoms with Gasteiger partial charge < -0.3 is 21.5 Å². The SMILES string of the molecule is Cc1cc(C)nc(Nc2cc(N[C@@H]3CCCC[C@@H]3N(C(=O)O)C(C)(C)C)nnc2C(N)=O)c1. The molecule has 0 saturated heterocycles. The van der Waals surface area contributed by atoms with E-state index in [1.807, 2.05) is 46.8 Å². The van der Waals surface area contributed by atoms with Gasteiger partial charge in [-0.2, -0.15) is 0 Å². The molecule has 10 nitrogen and oxygen atoms in total. The largest absolute Gasteiger partial charge is 0.465 e. The summed E-state index contributed by atoms with van der Waals surface area (Å²) >= 11 is 0. The topological polar surface area (TPSA) is 146 Å². The molecular formula is C23H33N7O3. The number of pyridine rings is 1. The summed E-state index contributed by atoms with van der Waals surface area (Å²) in [5, 5.41) is 24.6. The standard InChI is InChI=1S/C23H33N7O3/c1-13-10-14(2)25-18(11-13)27-16-12-19(28-29-20(16)21(24)31)26-15-8-6-7-9-17(15)30(22(32)33)23(3,4)5/h10-12,15,17H,6-9H2,1-5H3,(H2,24,31)(H,32,33)(H2,25,26,27,28)/t15-,17+/m1/s1. The zero-order chi connectivity index (χ0) is 24.3. The summed E-state index contributed by atoms with van der Waals surface area (Å²) in [6, 6.07) is 5.11. The van der Waals surface area contributed by atoms with Crippen LogP contribution in [-0.4, -0.2) is 54.8 Å². The minimum Gasteiger partial charge on any atom is -0.465 e. The molecule has 10 heteroatoms. The number of anilines is 3. The molecule has 5 N–H and O–H groups in total. The van der Waals surface area contributed by atoms with Gasteiger partial charge in [0.25, 0.3) is 5.91 Å². The Balaban J connectivity index is 1.91. The highest BCUT2D eigenvalue weighted by molar-refractivity contribution is 5.97. The van der Waals surface area contributed by atoms with Crippen molar-refractivity contribution in [3.8, 4) is 0 Å². The smallest absolute Gasteiger partial charge is 0.408 e. The Labute approximate surface area is 194 Å². The van der Waals surface area contributed by atoms with Crippen LogP contribution in [0.3, 0.4) is 0 Å². The number of amides is 2. The van der Waals surface area contributed by atoms with Crippen molar-refractivity contribution in [1.29, 1.82) is 0 Å². The van der Waals surface area contributed by atoms with E-state index in [1.54, 1.807) is 6.07 Å². The summed E-state index contributed by atoms with van der Waals surface area (Å²) in [5.74, 6) is 0.290. The Morgan fingerprint density at radius 3 is 2.39 bits per heavy atom. The highest BCUT2D eigenvalue weighted by Gasteiger charge is 2.39. The quantitative estimate of drug-likeness (QED) is 0.514. The summed E-state index contributed by atoms with van der Waals surface area (Å²) in [6.07, 6.45) is 2.55. The first kappa shape index (κ1) is 24.2. The lowest BCUT2D eigenvalue weighted by Gasteiger charge is -2.45. The van der Waals surface area contributed by atoms with Crippen LogP contribution in [-0.2, 0) is 0 Å². The van der Waals surface area contributed by atoms with Crippen LogP contribution in [0.15, 0.2) is 18.2 Å². The molecule has 0 spiro atoms. The second-order valence-electron chi connectivity index (χ2n) is 9.58. The van der Waals surface area contributed by atoms with Crippen molar-refractivity contribution in [2.24, 2.45) is 5.73 Å². The number of rotatable bonds is 6. The highest BCUT2D eigenvalue weighted by Crippen LogP contribution is 2.31. The maximum atomic E-state index is 12.1. The first-order valence-corrected chi connectivity index (χ1v) is 11.1. The number of hydrogen-bond donors (Lipinski definition) is 4. The molecule has 1 saturated carbocycles. The third kappa shape index (κ3) is 5.88. The average molecular weight is 456 g/mol. The number of carboxylic acid groups (broad SMARTS) is 1. The van der Waals surface area contributed by atoms with E-state index in [-0.39, 0.29) is 17.8 Å². The number of aromatic nitrogens is 3. The molecule has 0 radical (unpaired) electrons. The van der Waals surface area contributed by atoms with Crippen LogP contribution in [0.25, 0.3) is 0 Å². The maximum Gasteiger partial charge on any atom is 0.408 e. The van der Waals surface area contributed by atoms with E-state index in [4.69, 9.17) is 5.73 Å². The molecule has 2 aromatic rings. The molecule has 1 aliphatic carbocycles. The van der Waals surface area contributed by atoms with Crippen molar-refractivity contribution >= 4 is 29.3 Å². The third-order valence-electron chi connectivity index (χ3n) is 5.71. The number of primary amides is 1. The lowest BCUT2D eigenvalue weighted by Crippen LogP contribution is -2.58. The number of carbonyl (C=O) groups is 2. The van der Waals surface area contributed by atoms with Crippen LogP contribution in [0.4, 0.5) is 22.1 Å². The van der Waals surface area contributed by atoms with Gasteiger partial charge in [0.1, 0.15) is 5.82 Å². The van der Waals surface area contributed by atoms with Crippen LogP contribution in [0.2, 0.25) is 0 Å². The van der Waals surface area contributed by atoms with Gasteiger partial charge in [-0.05, 0) is 65.2 Å². The first-order chi connectivity index (χ1) is 15.5. The Morgan fingerprint density at radius 1 is 1.09 bits per heavy atom. The molecule has 33 heavy (non-hydrogen) atoms. The maximum absolute atomic E-state index is 12.1. The zero-order valence-electron chi connectivity index (χ0n) is 19.8. The number of aryl methyl sites for hydroxylation is 2. The van der Waals surface area contributed by atoms with Crippen LogP contribution >= 0.6 is 0 Å². The summed E-state index contributed by atoms with van der Waals surface area (Å²) < 4.78 is 0. The summed E-state index contributed by atoms with van der Waals surface area (Å²) in [6.45, 7) is 9.53. The Hall–Kier alpha value is -3.43. The summed E-state index contributed by atoms with van der Waals surface area (Å²) in [4.78, 5) is 30.0. The minimum atomic E-state index is -0.945. The number of nitrogens with zero attached hydrogens (tertiary/aromatic N) is 4. The van der Waals surface area contributed by atoms with Crippen molar-refractivity contribution < 1.29 is 14.7 Å². The number of nitrogens with two attached hydrogens (primary N) is 1. The van der Waals surface area contributed by atoms with E-state index in [2.05, 4.69) is 25.8 Å². The molecule has 1 aliphatic rings. The van der Waals surface area contributed by atoms with Gasteiger partial charge in [0.15, 0.2) is 11.5 Å². The van der Waals surface area contributed by atoms with Gasteiger partial charge in [0.2, 0.25) is 0 Å². The molecule has 2 atom stereocenters. The van der Waals surface area contributed by atoms with E-state index in [1.165, 1.54) is 4.90 Å². The molecule has 3 rings (SSSR count). The van der Waals surface area contributed by atoms with Gasteiger partial charge in [-0.3, -0.25) is 9.69 Å². The first-order valence-electron chi connectivity index (χ1n) is 11.1. The number of carbonyl (C=O) groups excluding carboxylic acids is 1. The van der Waals surface area contributed by atoms with Gasteiger partial charge in [-0.1, -0.05) is 12.8 Å². The van der Waals surface area contributed by atoms with Crippen molar-refractivity contribution in [3.05, 3.63) is 35.2 Å². The predicted octanol–water partition coefficient (Wildman–Crippen LogP) is 3.83. The third-order valence-corrected chi connectivity index (χ3v) is 5.71. The van der Waals surface area contributed by atoms with Crippen LogP contribution in [0.5, 0.6) is 0 Å². The summed E-state index contributed by atoms with van der Waals surface area (Å²) in [5.41, 5.74) is 7.21. The van der Waals surface area contributed by atoms with Crippen molar-refractivity contribution in [1.82, 2.24) is 20.1 Å². The van der Waals surface area contributed by atoms with Crippen molar-refractivity contribution in [3.63, 3.8) is 0 Å². The molecular weight excluding hydrogens is 422 g/mol. The minimum absolute atomic E-state index is 0.00329. The molecule has 0 unspecified atom stereocenters. The van der Waals surface area contributed by atoms with Crippen LogP contribution in [0.1, 0.15) is 68.2 Å². The van der Waals surface area contributed by atoms with E-state index >= 15 is 0 Å². The Bertz CT molecular complexity index is 1010. The molecule has 178 valence electrons. The second kappa shape index (κ2) is 9.60. The fourth-order valence-electron chi connectivity index (χ4n) is 4.49. The van der Waals surface area contributed by atoms with Crippen molar-refractivity contribution in [2.75, 3.05) is 10.6 Å². The molecule has 0 bridgehead atoms. The Kier molecular flexibility index (Phi) is 7.04. The molecule has 0 aliphatic heterocycles. The zero-order valence-corrected chi connectivity index (χ0v) is 19.8. The fraction of sp³-hybridized carbons (Fsp3) is 0.522. The van der Waals surface area contributed by atoms with Crippen LogP contribution in [0, 0.1) is 13.8 Å². The molecule has 0 aromatic carbocycles. The van der Waals surface area contributed by atoms with Gasteiger partial charge in [-0.25, -0.2) is 9.78 Å². The lowest BCUT2D eigenvalue weighted by atomic mass is 9.86. The monoisotopic (exact) mass is 455 g/mol. The van der Waals surface area contributed by atoms with E-state index in [9.17, 15) is 14.7 Å². The average Bonchev–Trinajstić information content (AvgIpc) is 2.67. The molecule has 1 fully saturated rings. The van der Waals surface area contributed by atoms with E-state index < -0.39 is 17.5 Å². The fourth-order valence-corrected chi connectivity index (χ4v) is 4.49. The van der Waals surface area contributed by atoms with Crippen LogP contribution < -0.4 is 16.4 Å². The Morgan fingerprint density at radius 2 is 1.79 bits per heavy atom. The van der Waals surface area contributed by atoms with Gasteiger partial charge in [0.05, 0.1) is 11.7 Å². The van der Waals surface area contributed by atoms with Gasteiger partial charge >= 0.3 is 6.09 Å². The predicted molar refractivity (Wildman–Crippen MR) is 127 cm³/mol.